The summed E-state index contributed by atoms with van der Waals surface area (Å²) in [5.74, 6) is -1.09. The van der Waals surface area contributed by atoms with Crippen molar-refractivity contribution < 1.29 is 19.4 Å². The molecule has 2 rings (SSSR count). The summed E-state index contributed by atoms with van der Waals surface area (Å²) in [4.78, 5) is 24.2. The number of carboxylic acids is 1. The molecule has 0 spiro atoms. The number of carbonyl (C=O) groups excluding carboxylic acids is 1. The number of urea groups is 1. The Bertz CT molecular complexity index is 322. The molecule has 0 aromatic carbocycles. The first-order chi connectivity index (χ1) is 8.58. The Hall–Kier alpha value is -1.30. The van der Waals surface area contributed by atoms with Crippen LogP contribution < -0.4 is 5.32 Å². The molecule has 2 heterocycles. The minimum atomic E-state index is -0.792. The average Bonchev–Trinajstić information content (AvgIpc) is 2.76. The molecule has 0 aromatic heterocycles. The molecular weight excluding hydrogens is 236 g/mol. The molecule has 18 heavy (non-hydrogen) atoms. The predicted molar refractivity (Wildman–Crippen MR) is 64.2 cm³/mol. The third-order valence-electron chi connectivity index (χ3n) is 3.80. The van der Waals surface area contributed by atoms with E-state index in [-0.39, 0.29) is 24.0 Å². The van der Waals surface area contributed by atoms with Crippen LogP contribution in [-0.2, 0) is 9.53 Å². The maximum Gasteiger partial charge on any atom is 0.317 e. The molecule has 102 valence electrons. The number of rotatable bonds is 4. The Balaban J connectivity index is 1.65. The molecule has 2 amide bonds. The molecule has 0 radical (unpaired) electrons. The van der Waals surface area contributed by atoms with Crippen LogP contribution in [0.1, 0.15) is 19.8 Å². The van der Waals surface area contributed by atoms with Crippen LogP contribution in [0.2, 0.25) is 0 Å². The van der Waals surface area contributed by atoms with Gasteiger partial charge in [-0.2, -0.15) is 0 Å². The van der Waals surface area contributed by atoms with Gasteiger partial charge in [-0.1, -0.05) is 6.92 Å². The highest BCUT2D eigenvalue weighted by Gasteiger charge is 2.37. The van der Waals surface area contributed by atoms with E-state index in [1.165, 1.54) is 0 Å². The predicted octanol–water partition coefficient (Wildman–Crippen LogP) is 0.527. The van der Waals surface area contributed by atoms with Gasteiger partial charge in [0, 0.05) is 32.2 Å². The fourth-order valence-corrected chi connectivity index (χ4v) is 2.31. The van der Waals surface area contributed by atoms with Gasteiger partial charge >= 0.3 is 12.0 Å². The van der Waals surface area contributed by atoms with Gasteiger partial charge in [-0.05, 0) is 12.8 Å². The van der Waals surface area contributed by atoms with Crippen molar-refractivity contribution in [1.82, 2.24) is 10.2 Å². The number of ether oxygens (including phenoxy) is 1. The SMILES string of the molecule is CC(C(=O)O)C1CN(C(=O)NCC2CCCO2)C1. The average molecular weight is 256 g/mol. The second kappa shape index (κ2) is 5.56. The molecule has 0 aromatic rings. The van der Waals surface area contributed by atoms with Crippen molar-refractivity contribution in [2.45, 2.75) is 25.9 Å². The lowest BCUT2D eigenvalue weighted by Gasteiger charge is -2.41. The van der Waals surface area contributed by atoms with Gasteiger partial charge in [0.1, 0.15) is 0 Å². The summed E-state index contributed by atoms with van der Waals surface area (Å²) >= 11 is 0. The largest absolute Gasteiger partial charge is 0.481 e. The van der Waals surface area contributed by atoms with Crippen LogP contribution in [0.4, 0.5) is 4.79 Å². The number of nitrogens with zero attached hydrogens (tertiary/aromatic N) is 1. The maximum atomic E-state index is 11.7. The lowest BCUT2D eigenvalue weighted by Crippen LogP contribution is -2.57. The summed E-state index contributed by atoms with van der Waals surface area (Å²) in [6.07, 6.45) is 2.20. The van der Waals surface area contributed by atoms with E-state index in [1.807, 2.05) is 0 Å². The monoisotopic (exact) mass is 256 g/mol. The van der Waals surface area contributed by atoms with Gasteiger partial charge in [0.25, 0.3) is 0 Å². The Morgan fingerprint density at radius 2 is 2.22 bits per heavy atom. The van der Waals surface area contributed by atoms with Crippen molar-refractivity contribution in [1.29, 1.82) is 0 Å². The number of amides is 2. The number of hydrogen-bond acceptors (Lipinski definition) is 3. The first-order valence-electron chi connectivity index (χ1n) is 6.45. The number of likely N-dealkylation sites (tertiary alicyclic amines) is 1. The smallest absolute Gasteiger partial charge is 0.317 e. The van der Waals surface area contributed by atoms with E-state index in [9.17, 15) is 9.59 Å². The minimum Gasteiger partial charge on any atom is -0.481 e. The number of carbonyl (C=O) groups is 2. The highest BCUT2D eigenvalue weighted by Crippen LogP contribution is 2.23. The molecule has 2 aliphatic rings. The zero-order valence-corrected chi connectivity index (χ0v) is 10.6. The minimum absolute atomic E-state index is 0.0796. The maximum absolute atomic E-state index is 11.7. The third-order valence-corrected chi connectivity index (χ3v) is 3.80. The molecule has 2 atom stereocenters. The van der Waals surface area contributed by atoms with Crippen LogP contribution in [0.15, 0.2) is 0 Å². The number of hydrogen-bond donors (Lipinski definition) is 2. The Morgan fingerprint density at radius 3 is 2.78 bits per heavy atom. The summed E-state index contributed by atoms with van der Waals surface area (Å²) in [5.41, 5.74) is 0. The molecule has 6 nitrogen and oxygen atoms in total. The number of nitrogens with one attached hydrogen (secondary N) is 1. The molecule has 2 N–H and O–H groups in total. The number of aliphatic carboxylic acids is 1. The van der Waals surface area contributed by atoms with Gasteiger partial charge < -0.3 is 20.1 Å². The van der Waals surface area contributed by atoms with Crippen molar-refractivity contribution in [2.24, 2.45) is 11.8 Å². The molecule has 2 aliphatic heterocycles. The first kappa shape index (κ1) is 13.1. The van der Waals surface area contributed by atoms with Crippen molar-refractivity contribution in [2.75, 3.05) is 26.2 Å². The van der Waals surface area contributed by atoms with Gasteiger partial charge in [-0.25, -0.2) is 4.79 Å². The van der Waals surface area contributed by atoms with Crippen LogP contribution in [0.5, 0.6) is 0 Å². The van der Waals surface area contributed by atoms with Crippen LogP contribution >= 0.6 is 0 Å². The topological polar surface area (TPSA) is 78.9 Å². The van der Waals surface area contributed by atoms with E-state index >= 15 is 0 Å². The van der Waals surface area contributed by atoms with Gasteiger partial charge in [-0.3, -0.25) is 4.79 Å². The summed E-state index contributed by atoms with van der Waals surface area (Å²) in [7, 11) is 0. The number of carboxylic acid groups (broad SMARTS) is 1. The van der Waals surface area contributed by atoms with E-state index in [4.69, 9.17) is 9.84 Å². The fraction of sp³-hybridized carbons (Fsp3) is 0.833. The molecule has 0 bridgehead atoms. The summed E-state index contributed by atoms with van der Waals surface area (Å²) in [5, 5.41) is 11.7. The van der Waals surface area contributed by atoms with E-state index in [0.717, 1.165) is 19.4 Å². The first-order valence-corrected chi connectivity index (χ1v) is 6.45. The van der Waals surface area contributed by atoms with Crippen molar-refractivity contribution in [3.8, 4) is 0 Å². The van der Waals surface area contributed by atoms with Crippen LogP contribution in [-0.4, -0.2) is 54.4 Å². The molecule has 6 heteroatoms. The van der Waals surface area contributed by atoms with Crippen molar-refractivity contribution >= 4 is 12.0 Å². The summed E-state index contributed by atoms with van der Waals surface area (Å²) in [6.45, 7) is 4.08. The van der Waals surface area contributed by atoms with Crippen LogP contribution in [0, 0.1) is 11.8 Å². The second-order valence-corrected chi connectivity index (χ2v) is 5.11. The van der Waals surface area contributed by atoms with Crippen molar-refractivity contribution in [3.05, 3.63) is 0 Å². The van der Waals surface area contributed by atoms with Gasteiger partial charge in [-0.15, -0.1) is 0 Å². The highest BCUT2D eigenvalue weighted by atomic mass is 16.5. The van der Waals surface area contributed by atoms with E-state index in [0.29, 0.717) is 19.6 Å². The standard InChI is InChI=1S/C12H20N2O4/c1-8(11(15)16)9-6-14(7-9)12(17)13-5-10-3-2-4-18-10/h8-10H,2-7H2,1H3,(H,13,17)(H,15,16). The Morgan fingerprint density at radius 1 is 1.50 bits per heavy atom. The Labute approximate surface area is 106 Å². The molecule has 0 saturated carbocycles. The van der Waals surface area contributed by atoms with Crippen molar-refractivity contribution in [3.63, 3.8) is 0 Å². The van der Waals surface area contributed by atoms with Gasteiger partial charge in [0.05, 0.1) is 12.0 Å². The Kier molecular flexibility index (Phi) is 4.06. The van der Waals surface area contributed by atoms with E-state index in [1.54, 1.807) is 11.8 Å². The molecule has 0 aliphatic carbocycles. The van der Waals surface area contributed by atoms with Gasteiger partial charge in [0.2, 0.25) is 0 Å². The zero-order valence-electron chi connectivity index (χ0n) is 10.6. The highest BCUT2D eigenvalue weighted by molar-refractivity contribution is 5.76. The molecule has 2 fully saturated rings. The zero-order chi connectivity index (χ0) is 13.1. The third kappa shape index (κ3) is 2.93. The van der Waals surface area contributed by atoms with E-state index < -0.39 is 5.97 Å². The van der Waals surface area contributed by atoms with E-state index in [2.05, 4.69) is 5.32 Å². The second-order valence-electron chi connectivity index (χ2n) is 5.11. The molecule has 2 unspecified atom stereocenters. The lowest BCUT2D eigenvalue weighted by atomic mass is 9.87. The quantitative estimate of drug-likeness (QED) is 0.769. The van der Waals surface area contributed by atoms with Gasteiger partial charge in [0.15, 0.2) is 0 Å². The molecule has 2 saturated heterocycles. The van der Waals surface area contributed by atoms with Crippen LogP contribution in [0.25, 0.3) is 0 Å². The fourth-order valence-electron chi connectivity index (χ4n) is 2.31. The normalized spacial score (nSPS) is 25.6. The molecular formula is C12H20N2O4. The summed E-state index contributed by atoms with van der Waals surface area (Å²) in [6, 6.07) is -0.112. The van der Waals surface area contributed by atoms with Crippen LogP contribution in [0.3, 0.4) is 0 Å². The lowest BCUT2D eigenvalue weighted by molar-refractivity contribution is -0.144. The summed E-state index contributed by atoms with van der Waals surface area (Å²) < 4.78 is 5.41.